The molecule has 0 aromatic heterocycles. The third kappa shape index (κ3) is 3.51. The van der Waals surface area contributed by atoms with Gasteiger partial charge in [0.15, 0.2) is 0 Å². The minimum Gasteiger partial charge on any atom is -0.375 e. The van der Waals surface area contributed by atoms with Gasteiger partial charge in [0.25, 0.3) is 0 Å². The summed E-state index contributed by atoms with van der Waals surface area (Å²) in [6.45, 7) is 5.11. The van der Waals surface area contributed by atoms with Crippen LogP contribution < -0.4 is 5.32 Å². The Hall–Kier alpha value is -0.950. The quantitative estimate of drug-likeness (QED) is 0.863. The molecule has 2 heterocycles. The fraction of sp³-hybridized carbons (Fsp3) is 0.562. The van der Waals surface area contributed by atoms with Gasteiger partial charge in [-0.15, -0.1) is 0 Å². The van der Waals surface area contributed by atoms with Crippen molar-refractivity contribution < 1.29 is 14.3 Å². The van der Waals surface area contributed by atoms with Crippen LogP contribution in [0.2, 0.25) is 0 Å². The van der Waals surface area contributed by atoms with Crippen LogP contribution in [-0.2, 0) is 14.3 Å². The molecule has 1 N–H and O–H groups in total. The average Bonchev–Trinajstić information content (AvgIpc) is 2.55. The number of carbonyl (C=O) groups is 1. The second-order valence-electron chi connectivity index (χ2n) is 5.71. The van der Waals surface area contributed by atoms with Gasteiger partial charge in [0.05, 0.1) is 25.9 Å². The fourth-order valence-corrected chi connectivity index (χ4v) is 3.38. The molecular formula is C16H21BrN2O3. The number of carbonyl (C=O) groups excluding carboxylic acids is 1. The first kappa shape index (κ1) is 15.9. The van der Waals surface area contributed by atoms with Crippen LogP contribution in [0.25, 0.3) is 0 Å². The number of rotatable bonds is 2. The van der Waals surface area contributed by atoms with Crippen LogP contribution in [0, 0.1) is 0 Å². The van der Waals surface area contributed by atoms with Crippen molar-refractivity contribution in [3.8, 4) is 0 Å². The summed E-state index contributed by atoms with van der Waals surface area (Å²) in [5.41, 5.74) is 1.09. The van der Waals surface area contributed by atoms with Crippen molar-refractivity contribution >= 4 is 21.8 Å². The number of morpholine rings is 2. The van der Waals surface area contributed by atoms with Gasteiger partial charge >= 0.3 is 0 Å². The molecule has 3 rings (SSSR count). The number of amides is 1. The predicted molar refractivity (Wildman–Crippen MR) is 86.6 cm³/mol. The highest BCUT2D eigenvalue weighted by Gasteiger charge is 2.34. The van der Waals surface area contributed by atoms with Gasteiger partial charge < -0.3 is 19.7 Å². The van der Waals surface area contributed by atoms with E-state index in [0.717, 1.165) is 16.6 Å². The lowest BCUT2D eigenvalue weighted by Crippen LogP contribution is -2.58. The predicted octanol–water partition coefficient (Wildman–Crippen LogP) is 1.73. The highest BCUT2D eigenvalue weighted by molar-refractivity contribution is 9.10. The first-order valence-corrected chi connectivity index (χ1v) is 8.45. The third-order valence-corrected chi connectivity index (χ3v) is 4.67. The van der Waals surface area contributed by atoms with Gasteiger partial charge in [-0.3, -0.25) is 4.79 Å². The Morgan fingerprint density at radius 2 is 2.23 bits per heavy atom. The number of ether oxygens (including phenoxy) is 2. The first-order valence-electron chi connectivity index (χ1n) is 7.66. The molecule has 2 aliphatic rings. The molecule has 0 aliphatic carbocycles. The van der Waals surface area contributed by atoms with Crippen molar-refractivity contribution in [1.29, 1.82) is 0 Å². The summed E-state index contributed by atoms with van der Waals surface area (Å²) in [6.07, 6.45) is -0.163. The summed E-state index contributed by atoms with van der Waals surface area (Å²) in [5.74, 6) is 0.107. The number of benzene rings is 1. The van der Waals surface area contributed by atoms with E-state index in [0.29, 0.717) is 26.3 Å². The Labute approximate surface area is 139 Å². The van der Waals surface area contributed by atoms with Gasteiger partial charge in [0.2, 0.25) is 5.91 Å². The number of nitrogens with one attached hydrogen (secondary N) is 1. The Morgan fingerprint density at radius 1 is 1.36 bits per heavy atom. The topological polar surface area (TPSA) is 50.8 Å². The number of hydrogen-bond donors (Lipinski definition) is 1. The zero-order chi connectivity index (χ0) is 15.5. The Kier molecular flexibility index (Phi) is 5.13. The van der Waals surface area contributed by atoms with Gasteiger partial charge in [-0.1, -0.05) is 28.1 Å². The van der Waals surface area contributed by atoms with Crippen LogP contribution in [0.4, 0.5) is 0 Å². The standard InChI is InChI=1S/C16H21BrN2O3/c1-11-15(18-5-7-21-11)16(20)19-6-8-22-14(10-19)12-3-2-4-13(17)9-12/h2-4,9,11,14-15,18H,5-8,10H2,1H3/t11-,14?,15+/m1/s1. The van der Waals surface area contributed by atoms with Crippen molar-refractivity contribution in [1.82, 2.24) is 10.2 Å². The minimum atomic E-state index is -0.255. The maximum absolute atomic E-state index is 12.7. The van der Waals surface area contributed by atoms with Gasteiger partial charge in [0.1, 0.15) is 12.1 Å². The van der Waals surface area contributed by atoms with Crippen molar-refractivity contribution in [2.45, 2.75) is 25.2 Å². The molecule has 22 heavy (non-hydrogen) atoms. The number of nitrogens with zero attached hydrogens (tertiary/aromatic N) is 1. The summed E-state index contributed by atoms with van der Waals surface area (Å²) in [6, 6.07) is 7.80. The molecule has 0 bridgehead atoms. The van der Waals surface area contributed by atoms with E-state index in [-0.39, 0.29) is 24.2 Å². The molecule has 2 aliphatic heterocycles. The molecule has 1 unspecified atom stereocenters. The smallest absolute Gasteiger partial charge is 0.242 e. The number of hydrogen-bond acceptors (Lipinski definition) is 4. The van der Waals surface area contributed by atoms with E-state index < -0.39 is 0 Å². The van der Waals surface area contributed by atoms with Crippen LogP contribution in [0.3, 0.4) is 0 Å². The van der Waals surface area contributed by atoms with E-state index >= 15 is 0 Å². The molecule has 6 heteroatoms. The molecule has 1 aromatic rings. The highest BCUT2D eigenvalue weighted by Crippen LogP contribution is 2.25. The average molecular weight is 369 g/mol. The minimum absolute atomic E-state index is 0.0741. The summed E-state index contributed by atoms with van der Waals surface area (Å²) in [4.78, 5) is 14.6. The Balaban J connectivity index is 1.68. The highest BCUT2D eigenvalue weighted by atomic mass is 79.9. The monoisotopic (exact) mass is 368 g/mol. The molecule has 2 fully saturated rings. The van der Waals surface area contributed by atoms with E-state index in [1.807, 2.05) is 36.1 Å². The Bertz CT molecular complexity index is 540. The molecular weight excluding hydrogens is 348 g/mol. The zero-order valence-corrected chi connectivity index (χ0v) is 14.2. The van der Waals surface area contributed by atoms with Gasteiger partial charge in [-0.05, 0) is 24.6 Å². The molecule has 5 nitrogen and oxygen atoms in total. The molecule has 0 saturated carbocycles. The van der Waals surface area contributed by atoms with Crippen molar-refractivity contribution in [3.63, 3.8) is 0 Å². The van der Waals surface area contributed by atoms with Crippen molar-refractivity contribution in [3.05, 3.63) is 34.3 Å². The van der Waals surface area contributed by atoms with Crippen LogP contribution >= 0.6 is 15.9 Å². The largest absolute Gasteiger partial charge is 0.375 e. The molecule has 120 valence electrons. The third-order valence-electron chi connectivity index (χ3n) is 4.18. The van der Waals surface area contributed by atoms with Crippen LogP contribution in [0.1, 0.15) is 18.6 Å². The molecule has 2 saturated heterocycles. The number of halogens is 1. The first-order chi connectivity index (χ1) is 10.6. The van der Waals surface area contributed by atoms with Gasteiger partial charge in [-0.25, -0.2) is 0 Å². The van der Waals surface area contributed by atoms with Crippen LogP contribution in [-0.4, -0.2) is 55.8 Å². The van der Waals surface area contributed by atoms with E-state index in [2.05, 4.69) is 21.2 Å². The Morgan fingerprint density at radius 3 is 3.00 bits per heavy atom. The lowest BCUT2D eigenvalue weighted by Gasteiger charge is -2.38. The van der Waals surface area contributed by atoms with Crippen molar-refractivity contribution in [2.24, 2.45) is 0 Å². The lowest BCUT2D eigenvalue weighted by atomic mass is 10.1. The van der Waals surface area contributed by atoms with Crippen LogP contribution in [0.15, 0.2) is 28.7 Å². The summed E-state index contributed by atoms with van der Waals surface area (Å²) in [5, 5.41) is 3.27. The molecule has 3 atom stereocenters. The second kappa shape index (κ2) is 7.08. The second-order valence-corrected chi connectivity index (χ2v) is 6.62. The molecule has 1 aromatic carbocycles. The van der Waals surface area contributed by atoms with Crippen molar-refractivity contribution in [2.75, 3.05) is 32.8 Å². The zero-order valence-electron chi connectivity index (χ0n) is 12.6. The molecule has 0 radical (unpaired) electrons. The molecule has 0 spiro atoms. The van der Waals surface area contributed by atoms with E-state index in [9.17, 15) is 4.79 Å². The summed E-state index contributed by atoms with van der Waals surface area (Å²) >= 11 is 3.48. The summed E-state index contributed by atoms with van der Waals surface area (Å²) in [7, 11) is 0. The fourth-order valence-electron chi connectivity index (χ4n) is 2.96. The van der Waals surface area contributed by atoms with E-state index in [4.69, 9.17) is 9.47 Å². The molecule has 1 amide bonds. The summed E-state index contributed by atoms with van der Waals surface area (Å²) < 4.78 is 12.5. The maximum Gasteiger partial charge on any atom is 0.242 e. The lowest BCUT2D eigenvalue weighted by molar-refractivity contribution is -0.147. The van der Waals surface area contributed by atoms with E-state index in [1.165, 1.54) is 0 Å². The normalized spacial score (nSPS) is 29.4. The maximum atomic E-state index is 12.7. The van der Waals surface area contributed by atoms with Gasteiger partial charge in [-0.2, -0.15) is 0 Å². The SMILES string of the molecule is C[C@H]1OCCN[C@@H]1C(=O)N1CCOC(c2cccc(Br)c2)C1. The van der Waals surface area contributed by atoms with Gasteiger partial charge in [0, 0.05) is 17.6 Å². The van der Waals surface area contributed by atoms with Crippen LogP contribution in [0.5, 0.6) is 0 Å². The van der Waals surface area contributed by atoms with E-state index in [1.54, 1.807) is 0 Å².